The van der Waals surface area contributed by atoms with Crippen LogP contribution in [0.2, 0.25) is 0 Å². The van der Waals surface area contributed by atoms with E-state index in [1.807, 2.05) is 0 Å². The highest BCUT2D eigenvalue weighted by molar-refractivity contribution is 5.92. The van der Waals surface area contributed by atoms with Crippen molar-refractivity contribution in [3.05, 3.63) is 47.4 Å². The summed E-state index contributed by atoms with van der Waals surface area (Å²) in [4.78, 5) is 22.7. The molecule has 4 heterocycles. The molecule has 2 aromatic rings. The number of nitrogens with zero attached hydrogens (tertiary/aromatic N) is 3. The summed E-state index contributed by atoms with van der Waals surface area (Å²) >= 11 is 0. The van der Waals surface area contributed by atoms with Gasteiger partial charge in [0.25, 0.3) is 11.8 Å². The largest absolute Gasteiger partial charge is 0.522 e. The maximum atomic E-state index is 13.2. The summed E-state index contributed by atoms with van der Waals surface area (Å²) in [6.07, 6.45) is -8.96. The standard InChI is InChI=1S/C22H21F6N3O6/c1-33-18-15(34-8-9-36-22(26,27)28)3-2-14(30-18)19(32)31-7-5-20(17(11-31)35-12-37-20)16-10-13(4-6-29-16)21(23,24)25/h2-4,6,10,17H,5,7-9,11-12H2,1H3/t17?,20-/m1/s1. The third-order valence-corrected chi connectivity index (χ3v) is 5.90. The van der Waals surface area contributed by atoms with E-state index in [9.17, 15) is 31.1 Å². The summed E-state index contributed by atoms with van der Waals surface area (Å²) in [7, 11) is 1.25. The van der Waals surface area contributed by atoms with Gasteiger partial charge in [0.1, 0.15) is 30.8 Å². The van der Waals surface area contributed by atoms with Crippen molar-refractivity contribution >= 4 is 5.91 Å². The van der Waals surface area contributed by atoms with Crippen molar-refractivity contribution in [2.24, 2.45) is 0 Å². The number of alkyl halides is 6. The highest BCUT2D eigenvalue weighted by Gasteiger charge is 2.53. The fraction of sp³-hybridized carbons (Fsp3) is 0.500. The number of piperidine rings is 1. The first-order valence-electron chi connectivity index (χ1n) is 10.9. The minimum Gasteiger partial charge on any atom is -0.486 e. The van der Waals surface area contributed by atoms with Crippen LogP contribution in [0.15, 0.2) is 30.5 Å². The van der Waals surface area contributed by atoms with E-state index < -0.39 is 48.9 Å². The molecule has 1 unspecified atom stereocenters. The molecule has 1 amide bonds. The Morgan fingerprint density at radius 1 is 1.19 bits per heavy atom. The molecule has 2 aliphatic heterocycles. The molecule has 0 saturated carbocycles. The molecule has 0 N–H and O–H groups in total. The third-order valence-electron chi connectivity index (χ3n) is 5.90. The lowest BCUT2D eigenvalue weighted by Crippen LogP contribution is -2.54. The van der Waals surface area contributed by atoms with E-state index in [0.717, 1.165) is 18.3 Å². The molecular formula is C22H21F6N3O6. The molecule has 2 aromatic heterocycles. The van der Waals surface area contributed by atoms with Crippen LogP contribution in [0.4, 0.5) is 26.3 Å². The minimum atomic E-state index is -4.79. The van der Waals surface area contributed by atoms with Gasteiger partial charge < -0.3 is 23.8 Å². The van der Waals surface area contributed by atoms with Crippen LogP contribution in [0, 0.1) is 0 Å². The second kappa shape index (κ2) is 10.3. The minimum absolute atomic E-state index is 0.00522. The van der Waals surface area contributed by atoms with Gasteiger partial charge in [0, 0.05) is 19.2 Å². The number of hydrogen-bond donors (Lipinski definition) is 0. The zero-order valence-corrected chi connectivity index (χ0v) is 19.3. The highest BCUT2D eigenvalue weighted by Crippen LogP contribution is 2.43. The first-order chi connectivity index (χ1) is 17.4. The molecule has 37 heavy (non-hydrogen) atoms. The molecule has 0 radical (unpaired) electrons. The van der Waals surface area contributed by atoms with Crippen molar-refractivity contribution in [2.75, 3.05) is 40.2 Å². The van der Waals surface area contributed by atoms with E-state index in [1.165, 1.54) is 24.1 Å². The topological polar surface area (TPSA) is 92.2 Å². The summed E-state index contributed by atoms with van der Waals surface area (Å²) in [5.41, 5.74) is -2.10. The Kier molecular flexibility index (Phi) is 7.48. The van der Waals surface area contributed by atoms with Crippen LogP contribution in [0.5, 0.6) is 11.6 Å². The number of aromatic nitrogens is 2. The second-order valence-electron chi connectivity index (χ2n) is 8.08. The summed E-state index contributed by atoms with van der Waals surface area (Å²) < 4.78 is 101. The van der Waals surface area contributed by atoms with Gasteiger partial charge in [0.2, 0.25) is 0 Å². The predicted octanol–water partition coefficient (Wildman–Crippen LogP) is 3.53. The summed E-state index contributed by atoms with van der Waals surface area (Å²) in [6.45, 7) is -1.28. The fourth-order valence-corrected chi connectivity index (χ4v) is 4.14. The van der Waals surface area contributed by atoms with E-state index in [2.05, 4.69) is 14.7 Å². The van der Waals surface area contributed by atoms with Crippen LogP contribution >= 0.6 is 0 Å². The Morgan fingerprint density at radius 3 is 2.68 bits per heavy atom. The molecule has 0 aliphatic carbocycles. The maximum absolute atomic E-state index is 13.2. The number of hydrogen-bond acceptors (Lipinski definition) is 8. The predicted molar refractivity (Wildman–Crippen MR) is 111 cm³/mol. The van der Waals surface area contributed by atoms with Gasteiger partial charge >= 0.3 is 12.5 Å². The molecule has 2 fully saturated rings. The van der Waals surface area contributed by atoms with E-state index >= 15 is 0 Å². The quantitative estimate of drug-likeness (QED) is 0.392. The molecule has 9 nitrogen and oxygen atoms in total. The van der Waals surface area contributed by atoms with Crippen molar-refractivity contribution < 1.29 is 54.8 Å². The fourth-order valence-electron chi connectivity index (χ4n) is 4.14. The van der Waals surface area contributed by atoms with Gasteiger partial charge in [0.05, 0.1) is 31.5 Å². The molecule has 0 bridgehead atoms. The number of carbonyl (C=O) groups is 1. The molecule has 202 valence electrons. The summed E-state index contributed by atoms with van der Waals surface area (Å²) in [5, 5.41) is 0. The average molecular weight is 537 g/mol. The van der Waals surface area contributed by atoms with E-state index in [-0.39, 0.29) is 49.3 Å². The lowest BCUT2D eigenvalue weighted by molar-refractivity contribution is -0.325. The molecule has 15 heteroatoms. The van der Waals surface area contributed by atoms with Gasteiger partial charge in [-0.1, -0.05) is 0 Å². The summed E-state index contributed by atoms with van der Waals surface area (Å²) in [5.74, 6) is -0.644. The SMILES string of the molecule is COc1nc(C(=O)N2CC[C@]3(c4cc(C(F)(F)F)ccn4)OCOC3C2)ccc1OCCOC(F)(F)F. The van der Waals surface area contributed by atoms with Gasteiger partial charge in [0.15, 0.2) is 5.75 Å². The second-order valence-corrected chi connectivity index (χ2v) is 8.08. The lowest BCUT2D eigenvalue weighted by atomic mass is 9.84. The highest BCUT2D eigenvalue weighted by atomic mass is 19.4. The normalized spacial score (nSPS) is 22.0. The van der Waals surface area contributed by atoms with Crippen molar-refractivity contribution in [3.63, 3.8) is 0 Å². The van der Waals surface area contributed by atoms with Crippen LogP contribution in [0.3, 0.4) is 0 Å². The number of amides is 1. The monoisotopic (exact) mass is 537 g/mol. The van der Waals surface area contributed by atoms with Crippen molar-refractivity contribution in [1.82, 2.24) is 14.9 Å². The van der Waals surface area contributed by atoms with Crippen molar-refractivity contribution in [1.29, 1.82) is 0 Å². The number of methoxy groups -OCH3 is 1. The number of fused-ring (bicyclic) bond motifs is 1. The third kappa shape index (κ3) is 5.88. The average Bonchev–Trinajstić information content (AvgIpc) is 3.29. The summed E-state index contributed by atoms with van der Waals surface area (Å²) in [6, 6.07) is 4.42. The Hall–Kier alpha value is -3.17. The number of carbonyl (C=O) groups excluding carboxylic acids is 1. The number of ether oxygens (including phenoxy) is 5. The first kappa shape index (κ1) is 26.9. The number of pyridine rings is 2. The molecule has 0 spiro atoms. The van der Waals surface area contributed by atoms with Gasteiger partial charge in [-0.05, 0) is 24.3 Å². The van der Waals surface area contributed by atoms with E-state index in [4.69, 9.17) is 18.9 Å². The number of rotatable bonds is 7. The van der Waals surface area contributed by atoms with Crippen molar-refractivity contribution in [3.8, 4) is 11.6 Å². The zero-order chi connectivity index (χ0) is 26.8. The molecule has 2 saturated heterocycles. The molecule has 2 aliphatic rings. The van der Waals surface area contributed by atoms with Gasteiger partial charge in [-0.2, -0.15) is 13.2 Å². The lowest BCUT2D eigenvalue weighted by Gasteiger charge is -2.41. The van der Waals surface area contributed by atoms with Crippen LogP contribution in [-0.2, 0) is 26.0 Å². The molecule has 2 atom stereocenters. The zero-order valence-electron chi connectivity index (χ0n) is 19.3. The Labute approximate surface area is 206 Å². The van der Waals surface area contributed by atoms with Crippen LogP contribution in [0.1, 0.15) is 28.2 Å². The number of likely N-dealkylation sites (tertiary alicyclic amines) is 1. The van der Waals surface area contributed by atoms with Crippen LogP contribution in [-0.4, -0.2) is 73.4 Å². The van der Waals surface area contributed by atoms with E-state index in [1.54, 1.807) is 0 Å². The van der Waals surface area contributed by atoms with Gasteiger partial charge in [-0.15, -0.1) is 13.2 Å². The molecule has 4 rings (SSSR count). The van der Waals surface area contributed by atoms with Crippen molar-refractivity contribution in [2.45, 2.75) is 30.7 Å². The Balaban J connectivity index is 1.46. The van der Waals surface area contributed by atoms with Crippen LogP contribution in [0.25, 0.3) is 0 Å². The maximum Gasteiger partial charge on any atom is 0.522 e. The number of halogens is 6. The Bertz CT molecular complexity index is 1130. The molecule has 0 aromatic carbocycles. The van der Waals surface area contributed by atoms with Gasteiger partial charge in [-0.3, -0.25) is 14.5 Å². The first-order valence-corrected chi connectivity index (χ1v) is 10.9. The van der Waals surface area contributed by atoms with Gasteiger partial charge in [-0.25, -0.2) is 4.98 Å². The molecular weight excluding hydrogens is 516 g/mol. The van der Waals surface area contributed by atoms with E-state index in [0.29, 0.717) is 0 Å². The smallest absolute Gasteiger partial charge is 0.486 e. The Morgan fingerprint density at radius 2 is 1.97 bits per heavy atom. The van der Waals surface area contributed by atoms with Crippen LogP contribution < -0.4 is 9.47 Å².